The van der Waals surface area contributed by atoms with Gasteiger partial charge in [-0.05, 0) is 125 Å². The average molecular weight is 492 g/mol. The molecule has 200 valence electrons. The van der Waals surface area contributed by atoms with Gasteiger partial charge in [-0.25, -0.2) is 4.79 Å². The smallest absolute Gasteiger partial charge is 0.407 e. The van der Waals surface area contributed by atoms with Gasteiger partial charge in [-0.2, -0.15) is 0 Å². The average Bonchev–Trinajstić information content (AvgIpc) is 3.09. The Morgan fingerprint density at radius 3 is 2.34 bits per heavy atom. The number of rotatable bonds is 5. The highest BCUT2D eigenvalue weighted by atomic mass is 16.6. The second kappa shape index (κ2) is 9.54. The molecule has 4 aliphatic carbocycles. The predicted molar refractivity (Wildman–Crippen MR) is 136 cm³/mol. The topological polar surface area (TPSA) is 95.9 Å². The number of aliphatic hydroxyl groups is 1. The van der Waals surface area contributed by atoms with Crippen LogP contribution in [0.25, 0.3) is 0 Å². The highest BCUT2D eigenvalue weighted by Gasteiger charge is 2.62. The van der Waals surface area contributed by atoms with Gasteiger partial charge in [0.05, 0.1) is 6.10 Å². The monoisotopic (exact) mass is 491 g/mol. The van der Waals surface area contributed by atoms with E-state index in [0.717, 1.165) is 38.5 Å². The molecule has 0 bridgehead atoms. The van der Waals surface area contributed by atoms with Crippen molar-refractivity contribution in [3.8, 4) is 0 Å². The van der Waals surface area contributed by atoms with E-state index in [1.165, 1.54) is 19.3 Å². The van der Waals surface area contributed by atoms with Gasteiger partial charge in [-0.15, -0.1) is 0 Å². The largest absolute Gasteiger partial charge is 0.481 e. The minimum Gasteiger partial charge on any atom is -0.481 e. The molecular formula is C29H49NO5. The van der Waals surface area contributed by atoms with Gasteiger partial charge >= 0.3 is 12.1 Å². The van der Waals surface area contributed by atoms with Crippen molar-refractivity contribution < 1.29 is 24.5 Å². The number of fused-ring (bicyclic) bond motifs is 5. The number of carbonyl (C=O) groups is 2. The molecule has 0 aliphatic heterocycles. The van der Waals surface area contributed by atoms with Crippen LogP contribution in [-0.4, -0.2) is 40.0 Å². The lowest BCUT2D eigenvalue weighted by Crippen LogP contribution is -2.59. The molecule has 0 aromatic rings. The molecule has 1 amide bonds. The van der Waals surface area contributed by atoms with Crippen LogP contribution in [0.2, 0.25) is 0 Å². The zero-order valence-electron chi connectivity index (χ0n) is 22.8. The number of alkyl carbamates (subject to hydrolysis) is 1. The third-order valence-corrected chi connectivity index (χ3v) is 11.0. The van der Waals surface area contributed by atoms with E-state index in [0.29, 0.717) is 35.5 Å². The van der Waals surface area contributed by atoms with Crippen molar-refractivity contribution in [3.63, 3.8) is 0 Å². The van der Waals surface area contributed by atoms with E-state index < -0.39 is 11.6 Å². The molecule has 6 heteroatoms. The summed E-state index contributed by atoms with van der Waals surface area (Å²) in [7, 11) is 0. The molecule has 0 aromatic heterocycles. The first-order valence-corrected chi connectivity index (χ1v) is 14.1. The number of hydrogen-bond donors (Lipinski definition) is 3. The van der Waals surface area contributed by atoms with Crippen molar-refractivity contribution in [2.75, 3.05) is 0 Å². The lowest BCUT2D eigenvalue weighted by molar-refractivity contribution is -0.167. The van der Waals surface area contributed by atoms with Gasteiger partial charge in [0.1, 0.15) is 5.60 Å². The second-order valence-corrected chi connectivity index (χ2v) is 14.1. The number of nitrogens with one attached hydrogen (secondary N) is 1. The van der Waals surface area contributed by atoms with Gasteiger partial charge in [0.2, 0.25) is 0 Å². The first-order valence-electron chi connectivity index (χ1n) is 14.1. The maximum absolute atomic E-state index is 12.4. The zero-order valence-corrected chi connectivity index (χ0v) is 22.8. The molecule has 0 radical (unpaired) electrons. The molecule has 4 rings (SSSR count). The summed E-state index contributed by atoms with van der Waals surface area (Å²) in [6.45, 7) is 12.8. The summed E-state index contributed by atoms with van der Waals surface area (Å²) in [6, 6.07) is 0.117. The van der Waals surface area contributed by atoms with Crippen LogP contribution < -0.4 is 5.32 Å². The maximum atomic E-state index is 12.4. The molecular weight excluding hydrogens is 442 g/mol. The summed E-state index contributed by atoms with van der Waals surface area (Å²) in [5.41, 5.74) is -0.0797. The van der Waals surface area contributed by atoms with E-state index in [4.69, 9.17) is 4.74 Å². The number of hydrogen-bond acceptors (Lipinski definition) is 4. The van der Waals surface area contributed by atoms with Crippen LogP contribution in [0.1, 0.15) is 106 Å². The Balaban J connectivity index is 1.45. The third kappa shape index (κ3) is 5.10. The van der Waals surface area contributed by atoms with Crippen LogP contribution in [0.5, 0.6) is 0 Å². The summed E-state index contributed by atoms with van der Waals surface area (Å²) in [6.07, 6.45) is 8.90. The molecule has 0 heterocycles. The van der Waals surface area contributed by atoms with E-state index in [1.54, 1.807) is 0 Å². The predicted octanol–water partition coefficient (Wildman–Crippen LogP) is 6.01. The van der Waals surface area contributed by atoms with E-state index in [9.17, 15) is 19.8 Å². The fraction of sp³-hybridized carbons (Fsp3) is 0.931. The van der Waals surface area contributed by atoms with Crippen LogP contribution in [0.4, 0.5) is 4.79 Å². The molecule has 4 aliphatic rings. The number of aliphatic hydroxyl groups excluding tert-OH is 1. The standard InChI is InChI=1S/C29H49NO5/c1-17(7-10-24(32)33)20-8-9-21-25-22(12-14-29(20,21)6)28(5)13-11-19(15-18(28)16-23(25)31)30-26(34)35-27(2,3)4/h17-23,25,31H,7-16H2,1-6H3,(H,30,34)(H,32,33)/t17?,18-,19?,20?,21?,22?,23+,25?,28-,29+/m0/s1. The molecule has 10 atom stereocenters. The fourth-order valence-electron chi connectivity index (χ4n) is 9.36. The Morgan fingerprint density at radius 2 is 1.69 bits per heavy atom. The molecule has 35 heavy (non-hydrogen) atoms. The number of aliphatic carboxylic acids is 1. The lowest BCUT2D eigenvalue weighted by atomic mass is 9.43. The van der Waals surface area contributed by atoms with Gasteiger partial charge in [0, 0.05) is 12.5 Å². The molecule has 0 spiro atoms. The van der Waals surface area contributed by atoms with Crippen molar-refractivity contribution in [2.24, 2.45) is 46.3 Å². The van der Waals surface area contributed by atoms with E-state index in [2.05, 4.69) is 26.1 Å². The molecule has 0 saturated heterocycles. The van der Waals surface area contributed by atoms with Crippen molar-refractivity contribution in [1.82, 2.24) is 5.32 Å². The molecule has 0 aromatic carbocycles. The van der Waals surface area contributed by atoms with Gasteiger partial charge in [0.25, 0.3) is 0 Å². The molecule has 6 unspecified atom stereocenters. The van der Waals surface area contributed by atoms with Gasteiger partial charge in [-0.3, -0.25) is 4.79 Å². The maximum Gasteiger partial charge on any atom is 0.407 e. The molecule has 4 fully saturated rings. The summed E-state index contributed by atoms with van der Waals surface area (Å²) in [5, 5.41) is 23.8. The first kappa shape index (κ1) is 26.8. The van der Waals surface area contributed by atoms with Crippen molar-refractivity contribution in [1.29, 1.82) is 0 Å². The minimum atomic E-state index is -0.696. The second-order valence-electron chi connectivity index (χ2n) is 14.1. The highest BCUT2D eigenvalue weighted by molar-refractivity contribution is 5.68. The summed E-state index contributed by atoms with van der Waals surface area (Å²) < 4.78 is 5.49. The molecule has 6 nitrogen and oxygen atoms in total. The van der Waals surface area contributed by atoms with Crippen LogP contribution in [-0.2, 0) is 9.53 Å². The third-order valence-electron chi connectivity index (χ3n) is 11.0. The SMILES string of the molecule is CC(CCC(=O)O)C1CCC2C3C(CC[C@]12C)[C@@]1(C)CCC(NC(=O)OC(C)(C)C)C[C@H]1C[C@H]3O. The zero-order chi connectivity index (χ0) is 25.8. The number of carboxylic acids is 1. The van der Waals surface area contributed by atoms with Crippen LogP contribution >= 0.6 is 0 Å². The summed E-state index contributed by atoms with van der Waals surface area (Å²) in [5.74, 6) is 2.10. The summed E-state index contributed by atoms with van der Waals surface area (Å²) in [4.78, 5) is 23.5. The Labute approximate surface area is 212 Å². The number of amides is 1. The van der Waals surface area contributed by atoms with E-state index in [-0.39, 0.29) is 35.5 Å². The Morgan fingerprint density at radius 1 is 1.03 bits per heavy atom. The summed E-state index contributed by atoms with van der Waals surface area (Å²) >= 11 is 0. The molecule has 4 saturated carbocycles. The highest BCUT2D eigenvalue weighted by Crippen LogP contribution is 2.68. The van der Waals surface area contributed by atoms with E-state index >= 15 is 0 Å². The van der Waals surface area contributed by atoms with Crippen molar-refractivity contribution in [3.05, 3.63) is 0 Å². The van der Waals surface area contributed by atoms with Gasteiger partial charge in [0.15, 0.2) is 0 Å². The Hall–Kier alpha value is -1.30. The lowest BCUT2D eigenvalue weighted by Gasteiger charge is -2.62. The van der Waals surface area contributed by atoms with Crippen LogP contribution in [0, 0.1) is 46.3 Å². The quantitative estimate of drug-likeness (QED) is 0.438. The number of ether oxygens (including phenoxy) is 1. The Bertz CT molecular complexity index is 807. The van der Waals surface area contributed by atoms with Crippen LogP contribution in [0.15, 0.2) is 0 Å². The number of carboxylic acid groups (broad SMARTS) is 1. The van der Waals surface area contributed by atoms with E-state index in [1.807, 2.05) is 20.8 Å². The van der Waals surface area contributed by atoms with Crippen molar-refractivity contribution in [2.45, 2.75) is 123 Å². The number of carbonyl (C=O) groups excluding carboxylic acids is 1. The fourth-order valence-corrected chi connectivity index (χ4v) is 9.36. The van der Waals surface area contributed by atoms with Crippen molar-refractivity contribution >= 4 is 12.1 Å². The minimum absolute atomic E-state index is 0.117. The van der Waals surface area contributed by atoms with Gasteiger partial charge in [-0.1, -0.05) is 20.8 Å². The van der Waals surface area contributed by atoms with Gasteiger partial charge < -0.3 is 20.3 Å². The molecule has 3 N–H and O–H groups in total. The Kier molecular flexibility index (Phi) is 7.29. The van der Waals surface area contributed by atoms with Crippen LogP contribution in [0.3, 0.4) is 0 Å². The normalized spacial score (nSPS) is 43.9. The first-order chi connectivity index (χ1) is 16.2.